The minimum atomic E-state index is -0.438. The molecule has 0 saturated carbocycles. The standard InChI is InChI=1S/C11H14BrFN2O/c1-3-7(4-2)11(16)15-10-9(12)5-8(13)6-14-10/h5-7H,3-4H2,1-2H3,(H,14,15,16). The molecule has 1 aromatic rings. The van der Waals surface area contributed by atoms with E-state index in [1.165, 1.54) is 6.07 Å². The van der Waals surface area contributed by atoms with Gasteiger partial charge in [0.05, 0.1) is 10.7 Å². The largest absolute Gasteiger partial charge is 0.310 e. The molecule has 0 aliphatic rings. The van der Waals surface area contributed by atoms with Crippen LogP contribution in [0.15, 0.2) is 16.7 Å². The topological polar surface area (TPSA) is 42.0 Å². The summed E-state index contributed by atoms with van der Waals surface area (Å²) in [5, 5.41) is 2.68. The molecular weight excluding hydrogens is 275 g/mol. The van der Waals surface area contributed by atoms with Gasteiger partial charge in [-0.05, 0) is 34.8 Å². The van der Waals surface area contributed by atoms with Crippen molar-refractivity contribution in [3.05, 3.63) is 22.6 Å². The van der Waals surface area contributed by atoms with E-state index in [2.05, 4.69) is 26.2 Å². The third-order valence-corrected chi connectivity index (χ3v) is 3.01. The Morgan fingerprint density at radius 2 is 2.19 bits per heavy atom. The Morgan fingerprint density at radius 3 is 2.69 bits per heavy atom. The number of nitrogens with one attached hydrogen (secondary N) is 1. The number of hydrogen-bond acceptors (Lipinski definition) is 2. The van der Waals surface area contributed by atoms with Gasteiger partial charge in [-0.1, -0.05) is 13.8 Å². The van der Waals surface area contributed by atoms with Gasteiger partial charge in [-0.3, -0.25) is 4.79 Å². The molecule has 0 spiro atoms. The number of aromatic nitrogens is 1. The number of nitrogens with zero attached hydrogens (tertiary/aromatic N) is 1. The quantitative estimate of drug-likeness (QED) is 0.923. The van der Waals surface area contributed by atoms with Crippen molar-refractivity contribution in [2.24, 2.45) is 5.92 Å². The smallest absolute Gasteiger partial charge is 0.228 e. The van der Waals surface area contributed by atoms with Crippen molar-refractivity contribution in [1.29, 1.82) is 0 Å². The number of rotatable bonds is 4. The number of halogens is 2. The van der Waals surface area contributed by atoms with Gasteiger partial charge in [0.1, 0.15) is 11.6 Å². The summed E-state index contributed by atoms with van der Waals surface area (Å²) in [4.78, 5) is 15.6. The van der Waals surface area contributed by atoms with Crippen LogP contribution in [0.4, 0.5) is 10.2 Å². The van der Waals surface area contributed by atoms with Crippen LogP contribution < -0.4 is 5.32 Å². The first-order valence-corrected chi connectivity index (χ1v) is 5.99. The molecule has 0 radical (unpaired) electrons. The zero-order valence-electron chi connectivity index (χ0n) is 9.26. The Morgan fingerprint density at radius 1 is 1.56 bits per heavy atom. The minimum absolute atomic E-state index is 0.0289. The Kier molecular flexibility index (Phi) is 4.86. The van der Waals surface area contributed by atoms with Gasteiger partial charge in [-0.25, -0.2) is 9.37 Å². The predicted octanol–water partition coefficient (Wildman–Crippen LogP) is 3.36. The first-order chi connectivity index (χ1) is 7.58. The summed E-state index contributed by atoms with van der Waals surface area (Å²) in [6.07, 6.45) is 2.63. The molecule has 0 saturated heterocycles. The Bertz CT molecular complexity index is 380. The fraction of sp³-hybridized carbons (Fsp3) is 0.455. The van der Waals surface area contributed by atoms with Crippen LogP contribution >= 0.6 is 15.9 Å². The van der Waals surface area contributed by atoms with Crippen molar-refractivity contribution < 1.29 is 9.18 Å². The highest BCUT2D eigenvalue weighted by Crippen LogP contribution is 2.21. The summed E-state index contributed by atoms with van der Waals surface area (Å²) in [7, 11) is 0. The molecule has 0 aliphatic carbocycles. The first-order valence-electron chi connectivity index (χ1n) is 5.20. The van der Waals surface area contributed by atoms with Gasteiger partial charge < -0.3 is 5.32 Å². The molecule has 0 fully saturated rings. The summed E-state index contributed by atoms with van der Waals surface area (Å²) in [6.45, 7) is 3.92. The molecule has 1 aromatic heterocycles. The van der Waals surface area contributed by atoms with Gasteiger partial charge in [0.2, 0.25) is 5.91 Å². The second-order valence-electron chi connectivity index (χ2n) is 3.49. The Labute approximate surface area is 103 Å². The number of amides is 1. The summed E-state index contributed by atoms with van der Waals surface area (Å²) < 4.78 is 13.2. The number of pyridine rings is 1. The van der Waals surface area contributed by atoms with Crippen molar-refractivity contribution in [3.8, 4) is 0 Å². The van der Waals surface area contributed by atoms with E-state index >= 15 is 0 Å². The Hall–Kier alpha value is -0.970. The summed E-state index contributed by atoms with van der Waals surface area (Å²) in [5.74, 6) is -0.186. The van der Waals surface area contributed by atoms with E-state index in [0.717, 1.165) is 19.0 Å². The number of carbonyl (C=O) groups is 1. The van der Waals surface area contributed by atoms with Crippen LogP contribution in [0.3, 0.4) is 0 Å². The fourth-order valence-electron chi connectivity index (χ4n) is 1.38. The maximum atomic E-state index is 12.8. The third kappa shape index (κ3) is 3.27. The Balaban J connectivity index is 2.76. The van der Waals surface area contributed by atoms with Crippen molar-refractivity contribution in [2.45, 2.75) is 26.7 Å². The van der Waals surface area contributed by atoms with Crippen LogP contribution in [0, 0.1) is 11.7 Å². The molecule has 0 aliphatic heterocycles. The lowest BCUT2D eigenvalue weighted by atomic mass is 10.0. The van der Waals surface area contributed by atoms with Crippen LogP contribution in [-0.2, 0) is 4.79 Å². The van der Waals surface area contributed by atoms with E-state index in [9.17, 15) is 9.18 Å². The van der Waals surface area contributed by atoms with Crippen LogP contribution in [0.2, 0.25) is 0 Å². The lowest BCUT2D eigenvalue weighted by Crippen LogP contribution is -2.22. The number of anilines is 1. The highest BCUT2D eigenvalue weighted by Gasteiger charge is 2.15. The average Bonchev–Trinajstić information content (AvgIpc) is 2.24. The molecule has 1 rings (SSSR count). The molecule has 3 nitrogen and oxygen atoms in total. The first kappa shape index (κ1) is 13.1. The summed E-state index contributed by atoms with van der Waals surface area (Å²) >= 11 is 3.15. The summed E-state index contributed by atoms with van der Waals surface area (Å²) in [6, 6.07) is 1.27. The van der Waals surface area contributed by atoms with E-state index < -0.39 is 5.82 Å². The second kappa shape index (κ2) is 5.94. The molecule has 0 unspecified atom stereocenters. The molecule has 16 heavy (non-hydrogen) atoms. The lowest BCUT2D eigenvalue weighted by molar-refractivity contribution is -0.120. The number of hydrogen-bond donors (Lipinski definition) is 1. The predicted molar refractivity (Wildman–Crippen MR) is 64.6 cm³/mol. The van der Waals surface area contributed by atoms with Gasteiger partial charge in [0.15, 0.2) is 0 Å². The van der Waals surface area contributed by atoms with Gasteiger partial charge in [-0.15, -0.1) is 0 Å². The molecule has 1 amide bonds. The molecule has 0 bridgehead atoms. The third-order valence-electron chi connectivity index (χ3n) is 2.41. The SMILES string of the molecule is CCC(CC)C(=O)Nc1ncc(F)cc1Br. The highest BCUT2D eigenvalue weighted by atomic mass is 79.9. The molecule has 5 heteroatoms. The fourth-order valence-corrected chi connectivity index (χ4v) is 1.80. The van der Waals surface area contributed by atoms with E-state index in [4.69, 9.17) is 0 Å². The number of carbonyl (C=O) groups excluding carboxylic acids is 1. The zero-order valence-corrected chi connectivity index (χ0v) is 10.8. The molecule has 88 valence electrons. The van der Waals surface area contributed by atoms with Crippen molar-refractivity contribution in [1.82, 2.24) is 4.98 Å². The molecule has 1 heterocycles. The van der Waals surface area contributed by atoms with Gasteiger partial charge in [0, 0.05) is 5.92 Å². The minimum Gasteiger partial charge on any atom is -0.310 e. The van der Waals surface area contributed by atoms with Crippen LogP contribution in [0.1, 0.15) is 26.7 Å². The molecule has 0 aromatic carbocycles. The van der Waals surface area contributed by atoms with Gasteiger partial charge >= 0.3 is 0 Å². The maximum Gasteiger partial charge on any atom is 0.228 e. The second-order valence-corrected chi connectivity index (χ2v) is 4.34. The van der Waals surface area contributed by atoms with Gasteiger partial charge in [0.25, 0.3) is 0 Å². The van der Waals surface area contributed by atoms with E-state index in [1.807, 2.05) is 13.8 Å². The van der Waals surface area contributed by atoms with Crippen LogP contribution in [-0.4, -0.2) is 10.9 Å². The molecule has 0 atom stereocenters. The van der Waals surface area contributed by atoms with Crippen LogP contribution in [0.25, 0.3) is 0 Å². The van der Waals surface area contributed by atoms with E-state index in [1.54, 1.807) is 0 Å². The molecule has 1 N–H and O–H groups in total. The van der Waals surface area contributed by atoms with E-state index in [0.29, 0.717) is 10.3 Å². The monoisotopic (exact) mass is 288 g/mol. The van der Waals surface area contributed by atoms with Gasteiger partial charge in [-0.2, -0.15) is 0 Å². The zero-order chi connectivity index (χ0) is 12.1. The van der Waals surface area contributed by atoms with Crippen molar-refractivity contribution in [2.75, 3.05) is 5.32 Å². The van der Waals surface area contributed by atoms with Crippen molar-refractivity contribution >= 4 is 27.7 Å². The lowest BCUT2D eigenvalue weighted by Gasteiger charge is -2.12. The highest BCUT2D eigenvalue weighted by molar-refractivity contribution is 9.10. The average molecular weight is 289 g/mol. The van der Waals surface area contributed by atoms with Crippen molar-refractivity contribution in [3.63, 3.8) is 0 Å². The molecular formula is C11H14BrFN2O. The maximum absolute atomic E-state index is 12.8. The summed E-state index contributed by atoms with van der Waals surface area (Å²) in [5.41, 5.74) is 0. The van der Waals surface area contributed by atoms with E-state index in [-0.39, 0.29) is 11.8 Å². The normalized spacial score (nSPS) is 10.6. The van der Waals surface area contributed by atoms with Crippen LogP contribution in [0.5, 0.6) is 0 Å².